The number of carboxylic acid groups (broad SMARTS) is 1. The van der Waals surface area contributed by atoms with Crippen LogP contribution in [0.1, 0.15) is 46.0 Å². The van der Waals surface area contributed by atoms with Gasteiger partial charge in [-0.2, -0.15) is 0 Å². The molecule has 0 bridgehead atoms. The van der Waals surface area contributed by atoms with E-state index in [-0.39, 0.29) is 12.3 Å². The third-order valence-corrected chi connectivity index (χ3v) is 3.94. The van der Waals surface area contributed by atoms with Crippen molar-refractivity contribution >= 4 is 30.4 Å². The summed E-state index contributed by atoms with van der Waals surface area (Å²) in [5, 5.41) is 11.5. The number of likely N-dealkylation sites (tertiary alicyclic amines) is 1. The first kappa shape index (κ1) is 19.8. The maximum Gasteiger partial charge on any atom is 0.305 e. The Balaban J connectivity index is 2.80. The SMILES string of the molecule is C=NC(=O)[C@@H]1CCCN1C(=O)[C@H](CC(=O)O)NC(=O)CCC(C)C. The topological polar surface area (TPSA) is 116 Å². The molecule has 1 aliphatic heterocycles. The number of carboxylic acids is 1. The van der Waals surface area contributed by atoms with E-state index in [0.717, 1.165) is 0 Å². The molecule has 1 saturated heterocycles. The first-order valence-electron chi connectivity index (χ1n) is 8.08. The summed E-state index contributed by atoms with van der Waals surface area (Å²) in [5.41, 5.74) is 0. The van der Waals surface area contributed by atoms with E-state index in [1.54, 1.807) is 0 Å². The second-order valence-corrected chi connectivity index (χ2v) is 6.34. The molecule has 1 rings (SSSR count). The van der Waals surface area contributed by atoms with Gasteiger partial charge in [0.15, 0.2) is 0 Å². The second-order valence-electron chi connectivity index (χ2n) is 6.34. The second kappa shape index (κ2) is 9.14. The molecule has 0 radical (unpaired) electrons. The van der Waals surface area contributed by atoms with Crippen LogP contribution in [0.2, 0.25) is 0 Å². The van der Waals surface area contributed by atoms with Crippen LogP contribution in [0.25, 0.3) is 0 Å². The zero-order chi connectivity index (χ0) is 18.3. The number of nitrogens with zero attached hydrogens (tertiary/aromatic N) is 2. The number of aliphatic carboxylic acids is 1. The van der Waals surface area contributed by atoms with Crippen LogP contribution < -0.4 is 5.32 Å². The lowest BCUT2D eigenvalue weighted by Gasteiger charge is -2.27. The van der Waals surface area contributed by atoms with Gasteiger partial charge in [0.05, 0.1) is 6.42 Å². The van der Waals surface area contributed by atoms with Crippen LogP contribution in [-0.4, -0.2) is 59.0 Å². The molecular weight excluding hydrogens is 314 g/mol. The summed E-state index contributed by atoms with van der Waals surface area (Å²) in [4.78, 5) is 52.0. The quantitative estimate of drug-likeness (QED) is 0.628. The average molecular weight is 339 g/mol. The Labute approximate surface area is 141 Å². The van der Waals surface area contributed by atoms with Crippen LogP contribution in [0.15, 0.2) is 4.99 Å². The van der Waals surface area contributed by atoms with Crippen LogP contribution >= 0.6 is 0 Å². The van der Waals surface area contributed by atoms with Crippen molar-refractivity contribution in [2.75, 3.05) is 6.54 Å². The number of nitrogens with one attached hydrogen (secondary N) is 1. The molecule has 0 spiro atoms. The zero-order valence-electron chi connectivity index (χ0n) is 14.2. The number of carbonyl (C=O) groups is 4. The Morgan fingerprint density at radius 1 is 1.33 bits per heavy atom. The minimum Gasteiger partial charge on any atom is -0.481 e. The Morgan fingerprint density at radius 3 is 2.54 bits per heavy atom. The third-order valence-electron chi connectivity index (χ3n) is 3.94. The molecule has 0 aromatic heterocycles. The molecule has 8 nitrogen and oxygen atoms in total. The van der Waals surface area contributed by atoms with Crippen LogP contribution in [0.4, 0.5) is 0 Å². The number of carbonyl (C=O) groups excluding carboxylic acids is 3. The van der Waals surface area contributed by atoms with Gasteiger partial charge in [-0.1, -0.05) is 13.8 Å². The van der Waals surface area contributed by atoms with E-state index >= 15 is 0 Å². The molecule has 24 heavy (non-hydrogen) atoms. The molecule has 2 atom stereocenters. The average Bonchev–Trinajstić information content (AvgIpc) is 2.99. The molecular formula is C16H25N3O5. The first-order valence-corrected chi connectivity index (χ1v) is 8.08. The molecule has 1 fully saturated rings. The van der Waals surface area contributed by atoms with E-state index in [1.165, 1.54) is 4.90 Å². The van der Waals surface area contributed by atoms with Gasteiger partial charge in [-0.3, -0.25) is 19.2 Å². The summed E-state index contributed by atoms with van der Waals surface area (Å²) in [7, 11) is 0. The molecule has 2 N–H and O–H groups in total. The lowest BCUT2D eigenvalue weighted by atomic mass is 10.1. The normalized spacial score (nSPS) is 18.3. The Bertz CT molecular complexity index is 518. The number of aliphatic imine (C=N–C) groups is 1. The van der Waals surface area contributed by atoms with E-state index in [2.05, 4.69) is 17.0 Å². The van der Waals surface area contributed by atoms with Gasteiger partial charge in [0.2, 0.25) is 11.8 Å². The molecule has 0 aromatic carbocycles. The van der Waals surface area contributed by atoms with Crippen LogP contribution in [0.5, 0.6) is 0 Å². The van der Waals surface area contributed by atoms with Gasteiger partial charge in [-0.25, -0.2) is 4.99 Å². The standard InChI is InChI=1S/C16H25N3O5/c1-10(2)6-7-13(20)18-11(9-14(21)22)16(24)19-8-4-5-12(19)15(23)17-3/h10-12H,3-9H2,1-2H3,(H,18,20)(H,21,22)/t11-,12-/m0/s1. The number of hydrogen-bond acceptors (Lipinski definition) is 4. The van der Waals surface area contributed by atoms with Crippen molar-refractivity contribution in [2.24, 2.45) is 10.9 Å². The van der Waals surface area contributed by atoms with E-state index in [9.17, 15) is 19.2 Å². The molecule has 0 aromatic rings. The van der Waals surface area contributed by atoms with E-state index in [4.69, 9.17) is 5.11 Å². The minimum absolute atomic E-state index is 0.220. The molecule has 1 aliphatic rings. The van der Waals surface area contributed by atoms with Crippen molar-refractivity contribution in [3.63, 3.8) is 0 Å². The largest absolute Gasteiger partial charge is 0.481 e. The van der Waals surface area contributed by atoms with Crippen molar-refractivity contribution < 1.29 is 24.3 Å². The molecule has 1 heterocycles. The first-order chi connectivity index (χ1) is 11.3. The Kier molecular flexibility index (Phi) is 7.54. The van der Waals surface area contributed by atoms with Gasteiger partial charge in [-0.15, -0.1) is 0 Å². The Morgan fingerprint density at radius 2 is 2.00 bits per heavy atom. The van der Waals surface area contributed by atoms with Gasteiger partial charge >= 0.3 is 5.97 Å². The summed E-state index contributed by atoms with van der Waals surface area (Å²) in [6.45, 7) is 7.45. The highest BCUT2D eigenvalue weighted by Crippen LogP contribution is 2.20. The lowest BCUT2D eigenvalue weighted by Crippen LogP contribution is -2.52. The summed E-state index contributed by atoms with van der Waals surface area (Å²) in [6, 6.07) is -1.90. The molecule has 0 unspecified atom stereocenters. The summed E-state index contributed by atoms with van der Waals surface area (Å²) < 4.78 is 0. The van der Waals surface area contributed by atoms with Gasteiger partial charge in [0.1, 0.15) is 12.1 Å². The predicted octanol–water partition coefficient (Wildman–Crippen LogP) is 0.600. The van der Waals surface area contributed by atoms with E-state index < -0.39 is 36.3 Å². The van der Waals surface area contributed by atoms with Crippen molar-refractivity contribution in [1.82, 2.24) is 10.2 Å². The number of hydrogen-bond donors (Lipinski definition) is 2. The van der Waals surface area contributed by atoms with Crippen LogP contribution in [0.3, 0.4) is 0 Å². The fraction of sp³-hybridized carbons (Fsp3) is 0.688. The van der Waals surface area contributed by atoms with E-state index in [1.807, 2.05) is 13.8 Å². The van der Waals surface area contributed by atoms with E-state index in [0.29, 0.717) is 31.7 Å². The maximum absolute atomic E-state index is 12.6. The smallest absolute Gasteiger partial charge is 0.305 e. The lowest BCUT2D eigenvalue weighted by molar-refractivity contribution is -0.145. The minimum atomic E-state index is -1.19. The summed E-state index contributed by atoms with van der Waals surface area (Å²) >= 11 is 0. The van der Waals surface area contributed by atoms with Crippen molar-refractivity contribution in [2.45, 2.75) is 58.0 Å². The van der Waals surface area contributed by atoms with Crippen molar-refractivity contribution in [1.29, 1.82) is 0 Å². The highest BCUT2D eigenvalue weighted by Gasteiger charge is 2.38. The maximum atomic E-state index is 12.6. The van der Waals surface area contributed by atoms with Crippen molar-refractivity contribution in [3.05, 3.63) is 0 Å². The summed E-state index contributed by atoms with van der Waals surface area (Å²) in [5.74, 6) is -2.31. The van der Waals surface area contributed by atoms with Crippen LogP contribution in [-0.2, 0) is 19.2 Å². The molecule has 8 heteroatoms. The molecule has 0 saturated carbocycles. The fourth-order valence-electron chi connectivity index (χ4n) is 2.65. The molecule has 3 amide bonds. The van der Waals surface area contributed by atoms with Gasteiger partial charge in [0, 0.05) is 13.0 Å². The van der Waals surface area contributed by atoms with Gasteiger partial charge in [0.25, 0.3) is 5.91 Å². The highest BCUT2D eigenvalue weighted by atomic mass is 16.4. The predicted molar refractivity (Wildman–Crippen MR) is 87.5 cm³/mol. The van der Waals surface area contributed by atoms with Gasteiger partial charge < -0.3 is 15.3 Å². The highest BCUT2D eigenvalue weighted by molar-refractivity contribution is 5.95. The van der Waals surface area contributed by atoms with Crippen LogP contribution in [0, 0.1) is 5.92 Å². The molecule has 134 valence electrons. The Hall–Kier alpha value is -2.25. The van der Waals surface area contributed by atoms with Gasteiger partial charge in [-0.05, 0) is 31.9 Å². The third kappa shape index (κ3) is 5.75. The number of amides is 3. The van der Waals surface area contributed by atoms with Crippen molar-refractivity contribution in [3.8, 4) is 0 Å². The molecule has 0 aliphatic carbocycles. The number of rotatable bonds is 8. The monoisotopic (exact) mass is 339 g/mol. The summed E-state index contributed by atoms with van der Waals surface area (Å²) in [6.07, 6.45) is 1.43. The zero-order valence-corrected chi connectivity index (χ0v) is 14.2. The fourth-order valence-corrected chi connectivity index (χ4v) is 2.65.